The van der Waals surface area contributed by atoms with Crippen molar-refractivity contribution in [3.63, 3.8) is 0 Å². The summed E-state index contributed by atoms with van der Waals surface area (Å²) in [6.45, 7) is 5.16. The second kappa shape index (κ2) is 9.69. The van der Waals surface area contributed by atoms with E-state index in [1.165, 1.54) is 12.0 Å². The lowest BCUT2D eigenvalue weighted by molar-refractivity contribution is -0.121. The summed E-state index contributed by atoms with van der Waals surface area (Å²) in [5.41, 5.74) is 1.20. The minimum atomic E-state index is 0.0729. The van der Waals surface area contributed by atoms with Gasteiger partial charge in [-0.25, -0.2) is 4.98 Å². The number of carbonyl (C=O) groups is 1. The number of benzene rings is 1. The van der Waals surface area contributed by atoms with Crippen LogP contribution in [-0.4, -0.2) is 35.0 Å². The number of unbranched alkanes of at least 4 members (excludes halogenated alkanes) is 1. The van der Waals surface area contributed by atoms with Crippen molar-refractivity contribution in [1.29, 1.82) is 0 Å². The number of nitrogens with one attached hydrogen (secondary N) is 1. The zero-order chi connectivity index (χ0) is 18.2. The van der Waals surface area contributed by atoms with Gasteiger partial charge in [0.2, 0.25) is 5.91 Å². The number of para-hydroxylation sites is 1. The number of hydrogen-bond acceptors (Lipinski definition) is 5. The highest BCUT2D eigenvalue weighted by Crippen LogP contribution is 2.26. The Morgan fingerprint density at radius 1 is 1.42 bits per heavy atom. The van der Waals surface area contributed by atoms with Crippen molar-refractivity contribution < 1.29 is 9.53 Å². The van der Waals surface area contributed by atoms with Crippen LogP contribution in [0.5, 0.6) is 5.75 Å². The predicted molar refractivity (Wildman–Crippen MR) is 104 cm³/mol. The molecule has 1 N–H and O–H groups in total. The fourth-order valence-corrected chi connectivity index (χ4v) is 3.73. The van der Waals surface area contributed by atoms with Crippen molar-refractivity contribution in [3.8, 4) is 5.75 Å². The first-order chi connectivity index (χ1) is 12.7. The van der Waals surface area contributed by atoms with Gasteiger partial charge in [-0.2, -0.15) is 0 Å². The van der Waals surface area contributed by atoms with Gasteiger partial charge < -0.3 is 10.1 Å². The van der Waals surface area contributed by atoms with Gasteiger partial charge in [0.15, 0.2) is 0 Å². The Balaban J connectivity index is 1.54. The largest absolute Gasteiger partial charge is 0.489 e. The van der Waals surface area contributed by atoms with Crippen molar-refractivity contribution in [2.45, 2.75) is 51.8 Å². The molecule has 1 aromatic carbocycles. The third-order valence-electron chi connectivity index (χ3n) is 4.58. The number of nitrogens with zero attached hydrogens (tertiary/aromatic N) is 2. The fraction of sp³-hybridized carbons (Fsp3) is 0.500. The van der Waals surface area contributed by atoms with Crippen LogP contribution in [0.1, 0.15) is 43.2 Å². The standard InChI is InChI=1S/C20H27N3O2S/c1-2-3-7-17-15-23(14-16-6-4-5-8-18(16)25-17)11-9-19(24)22-13-20-21-10-12-26-20/h4-6,8,10,12,17H,2-3,7,9,11,13-15H2,1H3,(H,22,24). The molecule has 26 heavy (non-hydrogen) atoms. The highest BCUT2D eigenvalue weighted by molar-refractivity contribution is 7.09. The van der Waals surface area contributed by atoms with Crippen LogP contribution in [-0.2, 0) is 17.9 Å². The summed E-state index contributed by atoms with van der Waals surface area (Å²) in [6.07, 6.45) is 5.83. The van der Waals surface area contributed by atoms with E-state index in [1.54, 1.807) is 17.5 Å². The molecular weight excluding hydrogens is 346 g/mol. The molecule has 2 heterocycles. The molecule has 0 spiro atoms. The van der Waals surface area contributed by atoms with E-state index >= 15 is 0 Å². The molecule has 1 atom stereocenters. The molecule has 0 saturated carbocycles. The Labute approximate surface area is 159 Å². The average Bonchev–Trinajstić information content (AvgIpc) is 3.10. The van der Waals surface area contributed by atoms with Gasteiger partial charge in [0.1, 0.15) is 16.9 Å². The van der Waals surface area contributed by atoms with Crippen LogP contribution in [0.2, 0.25) is 0 Å². The van der Waals surface area contributed by atoms with Crippen molar-refractivity contribution >= 4 is 17.2 Å². The van der Waals surface area contributed by atoms with Gasteiger partial charge in [-0.3, -0.25) is 9.69 Å². The van der Waals surface area contributed by atoms with E-state index in [1.807, 2.05) is 17.5 Å². The molecule has 140 valence electrons. The summed E-state index contributed by atoms with van der Waals surface area (Å²) < 4.78 is 6.24. The number of aromatic nitrogens is 1. The van der Waals surface area contributed by atoms with Gasteiger partial charge in [0.25, 0.3) is 0 Å². The average molecular weight is 374 g/mol. The van der Waals surface area contributed by atoms with Crippen LogP contribution < -0.4 is 10.1 Å². The second-order valence-corrected chi connectivity index (χ2v) is 7.66. The summed E-state index contributed by atoms with van der Waals surface area (Å²) in [6, 6.07) is 8.25. The van der Waals surface area contributed by atoms with E-state index in [4.69, 9.17) is 4.74 Å². The van der Waals surface area contributed by atoms with Crippen molar-refractivity contribution in [1.82, 2.24) is 15.2 Å². The smallest absolute Gasteiger partial charge is 0.221 e. The topological polar surface area (TPSA) is 54.5 Å². The number of hydrogen-bond donors (Lipinski definition) is 1. The van der Waals surface area contributed by atoms with Gasteiger partial charge in [-0.15, -0.1) is 11.3 Å². The number of rotatable bonds is 8. The Morgan fingerprint density at radius 2 is 2.31 bits per heavy atom. The minimum Gasteiger partial charge on any atom is -0.489 e. The van der Waals surface area contributed by atoms with E-state index in [9.17, 15) is 4.79 Å². The van der Waals surface area contributed by atoms with E-state index < -0.39 is 0 Å². The monoisotopic (exact) mass is 373 g/mol. The maximum absolute atomic E-state index is 12.2. The normalized spacial score (nSPS) is 17.2. The lowest BCUT2D eigenvalue weighted by Crippen LogP contribution is -2.35. The van der Waals surface area contributed by atoms with Gasteiger partial charge in [-0.05, 0) is 18.9 Å². The third kappa shape index (κ3) is 5.54. The first-order valence-electron chi connectivity index (χ1n) is 9.36. The molecule has 0 saturated heterocycles. The third-order valence-corrected chi connectivity index (χ3v) is 5.36. The van der Waals surface area contributed by atoms with Gasteiger partial charge >= 0.3 is 0 Å². The minimum absolute atomic E-state index is 0.0729. The maximum Gasteiger partial charge on any atom is 0.221 e. The summed E-state index contributed by atoms with van der Waals surface area (Å²) in [5, 5.41) is 5.82. The molecule has 0 fully saturated rings. The van der Waals surface area contributed by atoms with Crippen LogP contribution in [0, 0.1) is 0 Å². The number of amides is 1. The van der Waals surface area contributed by atoms with Crippen LogP contribution in [0.25, 0.3) is 0 Å². The Hall–Kier alpha value is -1.92. The highest BCUT2D eigenvalue weighted by atomic mass is 32.1. The molecule has 5 nitrogen and oxygen atoms in total. The molecule has 1 aliphatic heterocycles. The van der Waals surface area contributed by atoms with Gasteiger partial charge in [0.05, 0.1) is 6.54 Å². The molecule has 1 amide bonds. The second-order valence-electron chi connectivity index (χ2n) is 6.68. The predicted octanol–water partition coefficient (Wildman–Crippen LogP) is 3.60. The van der Waals surface area contributed by atoms with E-state index in [0.29, 0.717) is 13.0 Å². The Bertz CT molecular complexity index is 690. The molecule has 0 radical (unpaired) electrons. The number of thiazole rings is 1. The number of carbonyl (C=O) groups excluding carboxylic acids is 1. The fourth-order valence-electron chi connectivity index (χ4n) is 3.17. The van der Waals surface area contributed by atoms with Crippen LogP contribution in [0.4, 0.5) is 0 Å². The SMILES string of the molecule is CCCCC1CN(CCC(=O)NCc2nccs2)Cc2ccccc2O1. The molecule has 1 aromatic heterocycles. The summed E-state index contributed by atoms with van der Waals surface area (Å²) in [5.74, 6) is 1.06. The first kappa shape index (κ1) is 18.9. The van der Waals surface area contributed by atoms with Crippen molar-refractivity contribution in [3.05, 3.63) is 46.4 Å². The molecule has 1 unspecified atom stereocenters. The maximum atomic E-state index is 12.2. The summed E-state index contributed by atoms with van der Waals surface area (Å²) >= 11 is 1.56. The highest BCUT2D eigenvalue weighted by Gasteiger charge is 2.22. The number of fused-ring (bicyclic) bond motifs is 1. The van der Waals surface area contributed by atoms with E-state index in [-0.39, 0.29) is 12.0 Å². The molecule has 0 aliphatic carbocycles. The summed E-state index contributed by atoms with van der Waals surface area (Å²) in [7, 11) is 0. The van der Waals surface area contributed by atoms with E-state index in [2.05, 4.69) is 34.3 Å². The quantitative estimate of drug-likeness (QED) is 0.768. The lowest BCUT2D eigenvalue weighted by atomic mass is 10.1. The molecular formula is C20H27N3O2S. The lowest BCUT2D eigenvalue weighted by Gasteiger charge is -2.23. The van der Waals surface area contributed by atoms with Crippen LogP contribution >= 0.6 is 11.3 Å². The van der Waals surface area contributed by atoms with Gasteiger partial charge in [0, 0.05) is 43.2 Å². The zero-order valence-electron chi connectivity index (χ0n) is 15.3. The molecule has 0 bridgehead atoms. The zero-order valence-corrected chi connectivity index (χ0v) is 16.1. The van der Waals surface area contributed by atoms with Crippen molar-refractivity contribution in [2.24, 2.45) is 0 Å². The number of ether oxygens (including phenoxy) is 1. The Kier molecular flexibility index (Phi) is 7.03. The molecule has 3 rings (SSSR count). The van der Waals surface area contributed by atoms with Gasteiger partial charge in [-0.1, -0.05) is 31.5 Å². The Morgan fingerprint density at radius 3 is 3.12 bits per heavy atom. The van der Waals surface area contributed by atoms with Crippen LogP contribution in [0.3, 0.4) is 0 Å². The van der Waals surface area contributed by atoms with Crippen molar-refractivity contribution in [2.75, 3.05) is 13.1 Å². The first-order valence-corrected chi connectivity index (χ1v) is 10.2. The summed E-state index contributed by atoms with van der Waals surface area (Å²) in [4.78, 5) is 18.7. The molecule has 6 heteroatoms. The van der Waals surface area contributed by atoms with Crippen LogP contribution in [0.15, 0.2) is 35.8 Å². The molecule has 1 aliphatic rings. The molecule has 2 aromatic rings. The van der Waals surface area contributed by atoms with E-state index in [0.717, 1.165) is 43.2 Å².